The molecule has 1 unspecified atom stereocenters. The van der Waals surface area contributed by atoms with Crippen molar-refractivity contribution in [2.75, 3.05) is 18.7 Å². The number of fused-ring (bicyclic) bond motifs is 1. The van der Waals surface area contributed by atoms with Crippen molar-refractivity contribution in [1.29, 1.82) is 0 Å². The van der Waals surface area contributed by atoms with E-state index >= 15 is 0 Å². The molecular weight excluding hydrogens is 166 g/mol. The number of rotatable bonds is 0. The predicted molar refractivity (Wildman–Crippen MR) is 50.9 cm³/mol. The third kappa shape index (κ3) is 1.35. The van der Waals surface area contributed by atoms with E-state index < -0.39 is 0 Å². The first-order valence-electron chi connectivity index (χ1n) is 4.34. The zero-order valence-corrected chi connectivity index (χ0v) is 7.82. The van der Waals surface area contributed by atoms with Crippen LogP contribution in [0.4, 0.5) is 5.69 Å². The normalized spacial score (nSPS) is 21.4. The van der Waals surface area contributed by atoms with Crippen molar-refractivity contribution in [3.63, 3.8) is 0 Å². The fourth-order valence-corrected chi connectivity index (χ4v) is 1.60. The summed E-state index contributed by atoms with van der Waals surface area (Å²) in [6, 6.07) is 5.38. The van der Waals surface area contributed by atoms with Crippen molar-refractivity contribution >= 4 is 5.69 Å². The van der Waals surface area contributed by atoms with Gasteiger partial charge in [0.25, 0.3) is 0 Å². The topological polar surface area (TPSA) is 32.7 Å². The second-order valence-electron chi connectivity index (χ2n) is 3.38. The summed E-state index contributed by atoms with van der Waals surface area (Å²) in [5, 5.41) is 9.32. The molecule has 1 heterocycles. The molecule has 0 aliphatic carbocycles. The molecule has 1 aromatic rings. The fourth-order valence-electron chi connectivity index (χ4n) is 1.60. The molecule has 0 fully saturated rings. The monoisotopic (exact) mass is 179 g/mol. The van der Waals surface area contributed by atoms with E-state index in [2.05, 4.69) is 0 Å². The first kappa shape index (κ1) is 8.38. The molecule has 1 atom stereocenters. The lowest BCUT2D eigenvalue weighted by molar-refractivity contribution is 0.0584. The van der Waals surface area contributed by atoms with E-state index in [1.807, 2.05) is 24.9 Å². The van der Waals surface area contributed by atoms with Gasteiger partial charge in [-0.2, -0.15) is 0 Å². The van der Waals surface area contributed by atoms with Gasteiger partial charge in [-0.25, -0.2) is 0 Å². The Labute approximate surface area is 77.6 Å². The zero-order valence-electron chi connectivity index (χ0n) is 7.82. The predicted octanol–water partition coefficient (Wildman–Crippen LogP) is 1.88. The van der Waals surface area contributed by atoms with E-state index in [1.54, 1.807) is 12.1 Å². The van der Waals surface area contributed by atoms with Crippen LogP contribution < -0.4 is 4.90 Å². The highest BCUT2D eigenvalue weighted by atomic mass is 16.5. The summed E-state index contributed by atoms with van der Waals surface area (Å²) in [4.78, 5) is 2.02. The van der Waals surface area contributed by atoms with Crippen molar-refractivity contribution < 1.29 is 9.84 Å². The third-order valence-corrected chi connectivity index (χ3v) is 2.38. The van der Waals surface area contributed by atoms with Crippen LogP contribution in [0, 0.1) is 0 Å². The van der Waals surface area contributed by atoms with Gasteiger partial charge in [-0.3, -0.25) is 0 Å². The number of anilines is 1. The number of hydrogen-bond acceptors (Lipinski definition) is 3. The molecule has 0 saturated carbocycles. The van der Waals surface area contributed by atoms with Gasteiger partial charge >= 0.3 is 0 Å². The molecule has 3 heteroatoms. The van der Waals surface area contributed by atoms with Crippen LogP contribution >= 0.6 is 0 Å². The van der Waals surface area contributed by atoms with Gasteiger partial charge < -0.3 is 14.7 Å². The van der Waals surface area contributed by atoms with E-state index in [-0.39, 0.29) is 6.10 Å². The number of nitrogens with zero attached hydrogens (tertiary/aromatic N) is 1. The zero-order chi connectivity index (χ0) is 9.42. The Morgan fingerprint density at radius 2 is 2.31 bits per heavy atom. The van der Waals surface area contributed by atoms with Crippen molar-refractivity contribution in [2.24, 2.45) is 0 Å². The van der Waals surface area contributed by atoms with Crippen molar-refractivity contribution in [2.45, 2.75) is 13.0 Å². The molecular formula is C10H13NO2. The number of phenolic OH excluding ortho intramolecular Hbond substituents is 1. The van der Waals surface area contributed by atoms with Gasteiger partial charge in [0.15, 0.2) is 0 Å². The third-order valence-electron chi connectivity index (χ3n) is 2.38. The summed E-state index contributed by atoms with van der Waals surface area (Å²) < 4.78 is 5.49. The minimum atomic E-state index is 0.0679. The Balaban J connectivity index is 2.50. The van der Waals surface area contributed by atoms with Crippen LogP contribution in [0.25, 0.3) is 0 Å². The molecule has 3 nitrogen and oxygen atoms in total. The highest BCUT2D eigenvalue weighted by molar-refractivity contribution is 5.57. The van der Waals surface area contributed by atoms with Crippen molar-refractivity contribution in [1.82, 2.24) is 0 Å². The molecule has 13 heavy (non-hydrogen) atoms. The molecule has 1 N–H and O–H groups in total. The second-order valence-corrected chi connectivity index (χ2v) is 3.38. The summed E-state index contributed by atoms with van der Waals surface area (Å²) >= 11 is 0. The van der Waals surface area contributed by atoms with E-state index in [9.17, 15) is 5.11 Å². The molecule has 0 spiro atoms. The van der Waals surface area contributed by atoms with Crippen LogP contribution in [0.1, 0.15) is 18.6 Å². The average Bonchev–Trinajstić information content (AvgIpc) is 2.12. The number of aromatic hydroxyl groups is 1. The molecule has 70 valence electrons. The van der Waals surface area contributed by atoms with Gasteiger partial charge in [-0.05, 0) is 25.1 Å². The Morgan fingerprint density at radius 3 is 3.08 bits per heavy atom. The summed E-state index contributed by atoms with van der Waals surface area (Å²) in [5.41, 5.74) is 2.19. The smallest absolute Gasteiger partial charge is 0.119 e. The molecule has 1 aliphatic rings. The van der Waals surface area contributed by atoms with Crippen LogP contribution in [-0.2, 0) is 4.74 Å². The summed E-state index contributed by atoms with van der Waals surface area (Å²) in [7, 11) is 1.97. The lowest BCUT2D eigenvalue weighted by Gasteiger charge is -2.31. The number of benzene rings is 1. The van der Waals surface area contributed by atoms with Gasteiger partial charge in [0.2, 0.25) is 0 Å². The van der Waals surface area contributed by atoms with Crippen LogP contribution in [0.3, 0.4) is 0 Å². The Morgan fingerprint density at radius 1 is 1.54 bits per heavy atom. The van der Waals surface area contributed by atoms with Crippen molar-refractivity contribution in [3.8, 4) is 5.75 Å². The standard InChI is InChI=1S/C10H13NO2/c1-7-9-5-8(12)3-4-10(9)11(2)6-13-7/h3-5,7,12H,6H2,1-2H3. The highest BCUT2D eigenvalue weighted by Crippen LogP contribution is 2.34. The number of hydrogen-bond donors (Lipinski definition) is 1. The molecule has 1 aromatic carbocycles. The molecule has 2 rings (SSSR count). The quantitative estimate of drug-likeness (QED) is 0.660. The Hall–Kier alpha value is -1.22. The minimum absolute atomic E-state index is 0.0679. The fraction of sp³-hybridized carbons (Fsp3) is 0.400. The van der Waals surface area contributed by atoms with E-state index in [0.29, 0.717) is 12.5 Å². The molecule has 0 amide bonds. The lowest BCUT2D eigenvalue weighted by atomic mass is 10.1. The maximum Gasteiger partial charge on any atom is 0.119 e. The Bertz CT molecular complexity index is 325. The largest absolute Gasteiger partial charge is 0.508 e. The second kappa shape index (κ2) is 2.92. The van der Waals surface area contributed by atoms with Gasteiger partial charge in [-0.15, -0.1) is 0 Å². The van der Waals surface area contributed by atoms with E-state index in [1.165, 1.54) is 0 Å². The first-order chi connectivity index (χ1) is 6.18. The maximum atomic E-state index is 9.32. The molecule has 0 aromatic heterocycles. The van der Waals surface area contributed by atoms with Crippen LogP contribution in [0.15, 0.2) is 18.2 Å². The molecule has 0 saturated heterocycles. The van der Waals surface area contributed by atoms with Crippen LogP contribution in [0.2, 0.25) is 0 Å². The van der Waals surface area contributed by atoms with Crippen molar-refractivity contribution in [3.05, 3.63) is 23.8 Å². The van der Waals surface area contributed by atoms with Gasteiger partial charge in [0.1, 0.15) is 12.5 Å². The number of phenols is 1. The molecule has 1 aliphatic heterocycles. The van der Waals surface area contributed by atoms with Crippen LogP contribution in [0.5, 0.6) is 5.75 Å². The maximum absolute atomic E-state index is 9.32. The first-order valence-corrected chi connectivity index (χ1v) is 4.34. The highest BCUT2D eigenvalue weighted by Gasteiger charge is 2.20. The van der Waals surface area contributed by atoms with Gasteiger partial charge in [0, 0.05) is 18.3 Å². The van der Waals surface area contributed by atoms with Gasteiger partial charge in [-0.1, -0.05) is 0 Å². The lowest BCUT2D eigenvalue weighted by Crippen LogP contribution is -2.28. The summed E-state index contributed by atoms with van der Waals surface area (Å²) in [6.07, 6.45) is 0.0679. The van der Waals surface area contributed by atoms with Gasteiger partial charge in [0.05, 0.1) is 6.10 Å². The summed E-state index contributed by atoms with van der Waals surface area (Å²) in [5.74, 6) is 0.296. The molecule has 0 radical (unpaired) electrons. The van der Waals surface area contributed by atoms with E-state index in [0.717, 1.165) is 11.3 Å². The number of ether oxygens (including phenoxy) is 1. The van der Waals surface area contributed by atoms with E-state index in [4.69, 9.17) is 4.74 Å². The minimum Gasteiger partial charge on any atom is -0.508 e. The Kier molecular flexibility index (Phi) is 1.88. The molecule has 0 bridgehead atoms. The average molecular weight is 179 g/mol. The SMILES string of the molecule is CC1OCN(C)c2ccc(O)cc21. The van der Waals surface area contributed by atoms with Crippen LogP contribution in [-0.4, -0.2) is 18.9 Å². The summed E-state index contributed by atoms with van der Waals surface area (Å²) in [6.45, 7) is 2.60.